The van der Waals surface area contributed by atoms with Gasteiger partial charge in [-0.25, -0.2) is 4.39 Å². The number of halogens is 1. The third kappa shape index (κ3) is 4.08. The van der Waals surface area contributed by atoms with Crippen LogP contribution >= 0.6 is 0 Å². The molecule has 1 aliphatic rings. The Morgan fingerprint density at radius 3 is 2.62 bits per heavy atom. The van der Waals surface area contributed by atoms with Crippen LogP contribution in [0.15, 0.2) is 42.5 Å². The zero-order valence-corrected chi connectivity index (χ0v) is 16.2. The molecule has 1 unspecified atom stereocenters. The maximum absolute atomic E-state index is 14.3. The lowest BCUT2D eigenvalue weighted by atomic mass is 9.91. The second-order valence-electron chi connectivity index (χ2n) is 7.47. The molecule has 1 fully saturated rings. The minimum Gasteiger partial charge on any atom is -0.497 e. The van der Waals surface area contributed by atoms with Crippen molar-refractivity contribution in [3.8, 4) is 5.75 Å². The van der Waals surface area contributed by atoms with E-state index >= 15 is 0 Å². The first kappa shape index (κ1) is 18.9. The average Bonchev–Trinajstić information content (AvgIpc) is 2.64. The highest BCUT2D eigenvalue weighted by atomic mass is 19.1. The fraction of sp³-hybridized carbons (Fsp3) is 0.455. The smallest absolute Gasteiger partial charge is 0.131 e. The second-order valence-corrected chi connectivity index (χ2v) is 7.47. The van der Waals surface area contributed by atoms with Gasteiger partial charge in [-0.15, -0.1) is 0 Å². The minimum atomic E-state index is -0.192. The molecule has 2 aromatic carbocycles. The number of nitrogens with zero attached hydrogens (tertiary/aromatic N) is 2. The van der Waals surface area contributed by atoms with E-state index in [1.54, 1.807) is 7.11 Å². The van der Waals surface area contributed by atoms with E-state index in [9.17, 15) is 4.39 Å². The molecule has 0 saturated carbocycles. The Kier molecular flexibility index (Phi) is 5.94. The first-order valence-electron chi connectivity index (χ1n) is 9.33. The van der Waals surface area contributed by atoms with Crippen LogP contribution in [0, 0.1) is 5.82 Å². The molecule has 0 aromatic heterocycles. The quantitative estimate of drug-likeness (QED) is 0.787. The van der Waals surface area contributed by atoms with Crippen molar-refractivity contribution in [3.63, 3.8) is 0 Å². The third-order valence-electron chi connectivity index (χ3n) is 5.36. The number of ether oxygens (including phenoxy) is 1. The maximum Gasteiger partial charge on any atom is 0.131 e. The van der Waals surface area contributed by atoms with Gasteiger partial charge in [0.05, 0.1) is 7.11 Å². The van der Waals surface area contributed by atoms with Gasteiger partial charge in [-0.2, -0.15) is 0 Å². The van der Waals surface area contributed by atoms with Crippen LogP contribution in [-0.4, -0.2) is 43.6 Å². The van der Waals surface area contributed by atoms with Gasteiger partial charge in [0.1, 0.15) is 11.6 Å². The van der Waals surface area contributed by atoms with Crippen LogP contribution in [0.4, 0.5) is 4.39 Å². The molecule has 140 valence electrons. The zero-order valence-electron chi connectivity index (χ0n) is 16.2. The molecule has 1 heterocycles. The van der Waals surface area contributed by atoms with Gasteiger partial charge in [-0.05, 0) is 30.2 Å². The van der Waals surface area contributed by atoms with Crippen LogP contribution in [0.2, 0.25) is 0 Å². The van der Waals surface area contributed by atoms with Crippen LogP contribution in [0.3, 0.4) is 0 Å². The fourth-order valence-corrected chi connectivity index (χ4v) is 3.77. The van der Waals surface area contributed by atoms with Crippen LogP contribution in [-0.2, 0) is 6.54 Å². The summed E-state index contributed by atoms with van der Waals surface area (Å²) < 4.78 is 19.4. The van der Waals surface area contributed by atoms with E-state index in [4.69, 9.17) is 4.74 Å². The van der Waals surface area contributed by atoms with Crippen molar-refractivity contribution in [2.45, 2.75) is 32.4 Å². The number of hydrogen-bond acceptors (Lipinski definition) is 3. The van der Waals surface area contributed by atoms with Crippen molar-refractivity contribution in [1.29, 1.82) is 0 Å². The summed E-state index contributed by atoms with van der Waals surface area (Å²) in [5.74, 6) is 0.866. The molecule has 1 saturated heterocycles. The SMILES string of the molecule is COc1ccc(CN2CCN(C)C(c3ccccc3C(C)C)C2)c(F)c1. The Labute approximate surface area is 156 Å². The molecule has 3 rings (SSSR count). The molecule has 0 spiro atoms. The van der Waals surface area contributed by atoms with Crippen molar-refractivity contribution >= 4 is 0 Å². The van der Waals surface area contributed by atoms with Crippen molar-refractivity contribution in [3.05, 3.63) is 65.0 Å². The largest absolute Gasteiger partial charge is 0.497 e. The van der Waals surface area contributed by atoms with Gasteiger partial charge >= 0.3 is 0 Å². The number of likely N-dealkylation sites (N-methyl/N-ethyl adjacent to an activating group) is 1. The number of hydrogen-bond donors (Lipinski definition) is 0. The molecule has 3 nitrogen and oxygen atoms in total. The Morgan fingerprint density at radius 2 is 1.92 bits per heavy atom. The molecule has 26 heavy (non-hydrogen) atoms. The van der Waals surface area contributed by atoms with Crippen molar-refractivity contribution < 1.29 is 9.13 Å². The van der Waals surface area contributed by atoms with Gasteiger partial charge in [0, 0.05) is 43.9 Å². The Balaban J connectivity index is 1.79. The van der Waals surface area contributed by atoms with Gasteiger partial charge in [0.2, 0.25) is 0 Å². The van der Waals surface area contributed by atoms with Crippen LogP contribution in [0.1, 0.15) is 42.5 Å². The molecule has 0 amide bonds. The molecular formula is C22H29FN2O. The number of piperazine rings is 1. The van der Waals surface area contributed by atoms with Crippen LogP contribution in [0.5, 0.6) is 5.75 Å². The average molecular weight is 356 g/mol. The summed E-state index contributed by atoms with van der Waals surface area (Å²) in [4.78, 5) is 4.77. The molecular weight excluding hydrogens is 327 g/mol. The highest BCUT2D eigenvalue weighted by Crippen LogP contribution is 2.31. The molecule has 0 bridgehead atoms. The molecule has 0 N–H and O–H groups in total. The highest BCUT2D eigenvalue weighted by Gasteiger charge is 2.28. The lowest BCUT2D eigenvalue weighted by Crippen LogP contribution is -2.46. The zero-order chi connectivity index (χ0) is 18.7. The summed E-state index contributed by atoms with van der Waals surface area (Å²) in [6.45, 7) is 7.95. The molecule has 1 aliphatic heterocycles. The van der Waals surface area contributed by atoms with E-state index in [-0.39, 0.29) is 5.82 Å². The summed E-state index contributed by atoms with van der Waals surface area (Å²) in [5.41, 5.74) is 3.53. The molecule has 4 heteroatoms. The number of rotatable bonds is 5. The second kappa shape index (κ2) is 8.19. The van der Waals surface area contributed by atoms with Crippen molar-refractivity contribution in [2.24, 2.45) is 0 Å². The monoisotopic (exact) mass is 356 g/mol. The van der Waals surface area contributed by atoms with Crippen LogP contribution in [0.25, 0.3) is 0 Å². The van der Waals surface area contributed by atoms with E-state index in [1.807, 2.05) is 12.1 Å². The van der Waals surface area contributed by atoms with Gasteiger partial charge in [0.15, 0.2) is 0 Å². The Hall–Kier alpha value is -1.91. The lowest BCUT2D eigenvalue weighted by Gasteiger charge is -2.40. The maximum atomic E-state index is 14.3. The summed E-state index contributed by atoms with van der Waals surface area (Å²) in [6.07, 6.45) is 0. The predicted octanol–water partition coefficient (Wildman–Crippen LogP) is 4.45. The van der Waals surface area contributed by atoms with E-state index in [0.29, 0.717) is 24.3 Å². The lowest BCUT2D eigenvalue weighted by molar-refractivity contribution is 0.0891. The molecule has 2 aromatic rings. The molecule has 0 radical (unpaired) electrons. The standard InChI is InChI=1S/C22H29FN2O/c1-16(2)19-7-5-6-8-20(19)22-15-25(12-11-24(22)3)14-17-9-10-18(26-4)13-21(17)23/h5-10,13,16,22H,11-12,14-15H2,1-4H3. The van der Waals surface area contributed by atoms with Crippen molar-refractivity contribution in [2.75, 3.05) is 33.8 Å². The Morgan fingerprint density at radius 1 is 1.15 bits per heavy atom. The van der Waals surface area contributed by atoms with Gasteiger partial charge < -0.3 is 4.74 Å². The van der Waals surface area contributed by atoms with E-state index in [2.05, 4.69) is 55.0 Å². The summed E-state index contributed by atoms with van der Waals surface area (Å²) in [7, 11) is 3.75. The predicted molar refractivity (Wildman–Crippen MR) is 104 cm³/mol. The first-order chi connectivity index (χ1) is 12.5. The summed E-state index contributed by atoms with van der Waals surface area (Å²) in [5, 5.41) is 0. The number of methoxy groups -OCH3 is 1. The minimum absolute atomic E-state index is 0.192. The van der Waals surface area contributed by atoms with Crippen LogP contribution < -0.4 is 4.74 Å². The summed E-state index contributed by atoms with van der Waals surface area (Å²) >= 11 is 0. The fourth-order valence-electron chi connectivity index (χ4n) is 3.77. The molecule has 0 aliphatic carbocycles. The molecule has 1 atom stereocenters. The van der Waals surface area contributed by atoms with E-state index in [1.165, 1.54) is 17.2 Å². The third-order valence-corrected chi connectivity index (χ3v) is 5.36. The van der Waals surface area contributed by atoms with Gasteiger partial charge in [0.25, 0.3) is 0 Å². The first-order valence-corrected chi connectivity index (χ1v) is 9.33. The van der Waals surface area contributed by atoms with E-state index in [0.717, 1.165) is 25.2 Å². The number of benzene rings is 2. The van der Waals surface area contributed by atoms with Gasteiger partial charge in [-0.3, -0.25) is 9.80 Å². The Bertz CT molecular complexity index is 747. The summed E-state index contributed by atoms with van der Waals surface area (Å²) in [6, 6.07) is 14.2. The van der Waals surface area contributed by atoms with Crippen molar-refractivity contribution in [1.82, 2.24) is 9.80 Å². The highest BCUT2D eigenvalue weighted by molar-refractivity contribution is 5.33. The normalized spacial score (nSPS) is 19.1. The van der Waals surface area contributed by atoms with E-state index < -0.39 is 0 Å². The topological polar surface area (TPSA) is 15.7 Å². The van der Waals surface area contributed by atoms with Gasteiger partial charge in [-0.1, -0.05) is 44.2 Å².